The van der Waals surface area contributed by atoms with E-state index in [1.165, 1.54) is 0 Å². The Morgan fingerprint density at radius 2 is 1.87 bits per heavy atom. The van der Waals surface area contributed by atoms with Crippen LogP contribution in [0.4, 0.5) is 0 Å². The highest BCUT2D eigenvalue weighted by atomic mass is 32.2. The zero-order valence-electron chi connectivity index (χ0n) is 13.9. The average molecular weight is 338 g/mol. The van der Waals surface area contributed by atoms with Crippen molar-refractivity contribution in [3.63, 3.8) is 0 Å². The summed E-state index contributed by atoms with van der Waals surface area (Å²) < 4.78 is 33.5. The summed E-state index contributed by atoms with van der Waals surface area (Å²) in [6.45, 7) is 6.38. The zero-order chi connectivity index (χ0) is 16.4. The third-order valence-electron chi connectivity index (χ3n) is 4.84. The van der Waals surface area contributed by atoms with E-state index in [4.69, 9.17) is 4.74 Å². The van der Waals surface area contributed by atoms with E-state index in [1.54, 1.807) is 16.4 Å². The third-order valence-corrected chi connectivity index (χ3v) is 6.86. The molecule has 23 heavy (non-hydrogen) atoms. The molecule has 3 rings (SSSR count). The molecule has 1 N–H and O–H groups in total. The number of hydrogen-bond donors (Lipinski definition) is 1. The minimum Gasteiger partial charge on any atom is -0.360 e. The Labute approximate surface area is 139 Å². The van der Waals surface area contributed by atoms with Crippen LogP contribution in [0.1, 0.15) is 31.7 Å². The predicted octanol–water partition coefficient (Wildman–Crippen LogP) is 2.12. The van der Waals surface area contributed by atoms with E-state index in [9.17, 15) is 8.42 Å². The Morgan fingerprint density at radius 1 is 1.22 bits per heavy atom. The van der Waals surface area contributed by atoms with Gasteiger partial charge in [-0.05, 0) is 64.3 Å². The summed E-state index contributed by atoms with van der Waals surface area (Å²) in [5.41, 5.74) is 1.06. The second-order valence-corrected chi connectivity index (χ2v) is 8.56. The Morgan fingerprint density at radius 3 is 2.52 bits per heavy atom. The van der Waals surface area contributed by atoms with Crippen LogP contribution in [-0.4, -0.2) is 44.7 Å². The monoisotopic (exact) mass is 338 g/mol. The Kier molecular flexibility index (Phi) is 5.06. The fourth-order valence-electron chi connectivity index (χ4n) is 3.48. The van der Waals surface area contributed by atoms with Gasteiger partial charge in [-0.15, -0.1) is 0 Å². The quantitative estimate of drug-likeness (QED) is 0.914. The van der Waals surface area contributed by atoms with Crippen molar-refractivity contribution >= 4 is 10.0 Å². The standard InChI is InChI=1S/C17H26N2O3S/c1-13-3-5-16(6-4-13)23(20,21)19-14(2)12-22-17(19)11-15-7-9-18-10-8-15/h3-6,14-15,17-18H,7-12H2,1-2H3/t14-,17+/m1/s1. The number of nitrogens with zero attached hydrogens (tertiary/aromatic N) is 1. The van der Waals surface area contributed by atoms with Gasteiger partial charge in [0.25, 0.3) is 0 Å². The summed E-state index contributed by atoms with van der Waals surface area (Å²) in [4.78, 5) is 0.357. The number of piperidine rings is 1. The molecular weight excluding hydrogens is 312 g/mol. The lowest BCUT2D eigenvalue weighted by molar-refractivity contribution is 0.0427. The Bertz CT molecular complexity index is 624. The molecule has 0 aromatic heterocycles. The molecule has 2 saturated heterocycles. The number of benzene rings is 1. The summed E-state index contributed by atoms with van der Waals surface area (Å²) in [6.07, 6.45) is 2.63. The van der Waals surface area contributed by atoms with Crippen LogP contribution >= 0.6 is 0 Å². The molecule has 2 heterocycles. The van der Waals surface area contributed by atoms with Gasteiger partial charge in [0.15, 0.2) is 0 Å². The molecule has 2 aliphatic heterocycles. The van der Waals surface area contributed by atoms with Crippen molar-refractivity contribution in [3.05, 3.63) is 29.8 Å². The molecule has 0 bridgehead atoms. The predicted molar refractivity (Wildman–Crippen MR) is 89.6 cm³/mol. The van der Waals surface area contributed by atoms with Crippen LogP contribution in [-0.2, 0) is 14.8 Å². The summed E-state index contributed by atoms with van der Waals surface area (Å²) >= 11 is 0. The van der Waals surface area contributed by atoms with Crippen molar-refractivity contribution in [2.75, 3.05) is 19.7 Å². The van der Waals surface area contributed by atoms with E-state index in [2.05, 4.69) is 5.32 Å². The van der Waals surface area contributed by atoms with Crippen LogP contribution < -0.4 is 5.32 Å². The number of sulfonamides is 1. The van der Waals surface area contributed by atoms with Gasteiger partial charge in [0.2, 0.25) is 10.0 Å². The lowest BCUT2D eigenvalue weighted by Gasteiger charge is -2.30. The fraction of sp³-hybridized carbons (Fsp3) is 0.647. The molecule has 0 unspecified atom stereocenters. The first-order chi connectivity index (χ1) is 11.0. The molecule has 0 aliphatic carbocycles. The topological polar surface area (TPSA) is 58.6 Å². The van der Waals surface area contributed by atoms with E-state index < -0.39 is 10.0 Å². The molecule has 0 spiro atoms. The largest absolute Gasteiger partial charge is 0.360 e. The first kappa shape index (κ1) is 16.9. The van der Waals surface area contributed by atoms with Gasteiger partial charge in [0.05, 0.1) is 11.5 Å². The Balaban J connectivity index is 1.80. The molecule has 128 valence electrons. The van der Waals surface area contributed by atoms with Gasteiger partial charge in [0.1, 0.15) is 6.23 Å². The average Bonchev–Trinajstić information content (AvgIpc) is 2.90. The smallest absolute Gasteiger partial charge is 0.245 e. The number of nitrogens with one attached hydrogen (secondary N) is 1. The van der Waals surface area contributed by atoms with Crippen molar-refractivity contribution in [2.24, 2.45) is 5.92 Å². The van der Waals surface area contributed by atoms with Gasteiger partial charge < -0.3 is 10.1 Å². The highest BCUT2D eigenvalue weighted by Crippen LogP contribution is 2.31. The molecule has 0 amide bonds. The zero-order valence-corrected chi connectivity index (χ0v) is 14.7. The second-order valence-electron chi connectivity index (χ2n) is 6.71. The van der Waals surface area contributed by atoms with Crippen molar-refractivity contribution in [3.8, 4) is 0 Å². The van der Waals surface area contributed by atoms with Gasteiger partial charge >= 0.3 is 0 Å². The van der Waals surface area contributed by atoms with Gasteiger partial charge in [-0.1, -0.05) is 17.7 Å². The minimum atomic E-state index is -3.51. The maximum atomic E-state index is 13.0. The number of ether oxygens (including phenoxy) is 1. The fourth-order valence-corrected chi connectivity index (χ4v) is 5.19. The molecule has 0 saturated carbocycles. The molecular formula is C17H26N2O3S. The van der Waals surface area contributed by atoms with Gasteiger partial charge in [-0.2, -0.15) is 4.31 Å². The van der Waals surface area contributed by atoms with E-state index in [-0.39, 0.29) is 12.3 Å². The molecule has 0 radical (unpaired) electrons. The Hall–Kier alpha value is -0.950. The minimum absolute atomic E-state index is 0.118. The summed E-state index contributed by atoms with van der Waals surface area (Å²) in [5, 5.41) is 3.35. The molecule has 6 heteroatoms. The molecule has 2 aliphatic rings. The van der Waals surface area contributed by atoms with Crippen LogP contribution in [0.25, 0.3) is 0 Å². The molecule has 1 aromatic carbocycles. The number of rotatable bonds is 4. The van der Waals surface area contributed by atoms with Crippen LogP contribution in [0.2, 0.25) is 0 Å². The van der Waals surface area contributed by atoms with Crippen molar-refractivity contribution in [1.82, 2.24) is 9.62 Å². The van der Waals surface area contributed by atoms with Gasteiger partial charge in [-0.25, -0.2) is 8.42 Å². The molecule has 5 nitrogen and oxygen atoms in total. The second kappa shape index (κ2) is 6.89. The van der Waals surface area contributed by atoms with E-state index in [0.29, 0.717) is 17.4 Å². The summed E-state index contributed by atoms with van der Waals surface area (Å²) in [7, 11) is -3.51. The van der Waals surface area contributed by atoms with Crippen LogP contribution in [0.15, 0.2) is 29.2 Å². The summed E-state index contributed by atoms with van der Waals surface area (Å²) in [6, 6.07) is 6.95. The molecule has 2 atom stereocenters. The summed E-state index contributed by atoms with van der Waals surface area (Å²) in [5.74, 6) is 0.530. The van der Waals surface area contributed by atoms with Crippen molar-refractivity contribution in [1.29, 1.82) is 0 Å². The maximum absolute atomic E-state index is 13.0. The van der Waals surface area contributed by atoms with E-state index in [1.807, 2.05) is 26.0 Å². The lowest BCUT2D eigenvalue weighted by Crippen LogP contribution is -2.42. The van der Waals surface area contributed by atoms with Crippen LogP contribution in [0.3, 0.4) is 0 Å². The normalized spacial score (nSPS) is 27.4. The van der Waals surface area contributed by atoms with E-state index in [0.717, 1.165) is 37.9 Å². The lowest BCUT2D eigenvalue weighted by atomic mass is 9.94. The van der Waals surface area contributed by atoms with E-state index >= 15 is 0 Å². The van der Waals surface area contributed by atoms with Crippen molar-refractivity contribution < 1.29 is 13.2 Å². The number of hydrogen-bond acceptors (Lipinski definition) is 4. The first-order valence-corrected chi connectivity index (χ1v) is 9.85. The first-order valence-electron chi connectivity index (χ1n) is 8.41. The third kappa shape index (κ3) is 3.60. The molecule has 2 fully saturated rings. The van der Waals surface area contributed by atoms with Crippen LogP contribution in [0, 0.1) is 12.8 Å². The van der Waals surface area contributed by atoms with Crippen LogP contribution in [0.5, 0.6) is 0 Å². The van der Waals surface area contributed by atoms with Gasteiger partial charge in [-0.3, -0.25) is 0 Å². The number of aryl methyl sites for hydroxylation is 1. The maximum Gasteiger partial charge on any atom is 0.245 e. The van der Waals surface area contributed by atoms with Crippen molar-refractivity contribution in [2.45, 2.75) is 50.3 Å². The molecule has 1 aromatic rings. The highest BCUT2D eigenvalue weighted by molar-refractivity contribution is 7.89. The highest BCUT2D eigenvalue weighted by Gasteiger charge is 2.42. The van der Waals surface area contributed by atoms with Gasteiger partial charge in [0, 0.05) is 6.04 Å². The SMILES string of the molecule is Cc1ccc(S(=O)(=O)N2[C@H](C)CO[C@H]2CC2CCNCC2)cc1.